The summed E-state index contributed by atoms with van der Waals surface area (Å²) in [6.45, 7) is 26.3. The molecule has 98 heavy (non-hydrogen) atoms. The van der Waals surface area contributed by atoms with E-state index >= 15 is 0 Å². The first-order valence-corrected chi connectivity index (χ1v) is 34.3. The van der Waals surface area contributed by atoms with Gasteiger partial charge in [0, 0.05) is 222 Å². The first kappa shape index (κ1) is 50.0. The number of hydrogen-bond donors (Lipinski definition) is 0. The summed E-state index contributed by atoms with van der Waals surface area (Å²) in [5, 5.41) is 0. The molecule has 0 saturated carbocycles. The summed E-state index contributed by atoms with van der Waals surface area (Å²) < 4.78 is 166. The molecule has 16 heteroatoms. The summed E-state index contributed by atoms with van der Waals surface area (Å²) in [7, 11) is 2.06. The Morgan fingerprint density at radius 3 is 0.847 bits per heavy atom. The van der Waals surface area contributed by atoms with Crippen LogP contribution < -0.4 is 39.2 Å². The standard InChI is InChI=1S/2C22H34N4.C20H30N4.C18H26N4/c2*1-15(2)23-9-11-25(19(23)7)21-13-17(5)14-22(18(21)6)26-12-10-24(16(3)4)20(26)8;1-7-21-9-11-23(17(21)5)19-13-15(3)14-20(16(19)4)24-12-10-22(8-2)18(24)6;1-13-11-17(21-9-7-19(5)15(21)3)14(2)18(12-13)22-10-8-20(6)16(22)4/h2*9-16,19-20H,1-8H3;9-14,17-18H,7-8H2,1-6H3;7-12,15-16H,1-6H3/t2*19-,20+;17-,18+;15-,16+/i1D3,2D3,3D3,15D,16D;;1D3,7D2,8D2;5D3/t16?,19-,20+;;2m/m1.11/s1. The van der Waals surface area contributed by atoms with Crippen LogP contribution >= 0.6 is 0 Å². The van der Waals surface area contributed by atoms with Crippen LogP contribution in [0.5, 0.6) is 0 Å². The second kappa shape index (κ2) is 30.4. The molecule has 0 saturated heterocycles. The van der Waals surface area contributed by atoms with Crippen molar-refractivity contribution in [2.45, 2.75) is 253 Å². The van der Waals surface area contributed by atoms with E-state index in [1.807, 2.05) is 97.8 Å². The molecule has 4 aromatic rings. The first-order chi connectivity index (χ1) is 54.5. The van der Waals surface area contributed by atoms with E-state index in [1.165, 1.54) is 63.4 Å². The van der Waals surface area contributed by atoms with Gasteiger partial charge in [0.2, 0.25) is 0 Å². The SMILES string of the molecule is Cc1cc(N2C=CN(C(C)C)[C@@H]2C)c(C)c(N2C=CN(C(C)C)[C@H]2C)c1.[2H]C([2H])(C)N1C=CN(c2cc(C)cc(N3C=CN(C([2H])([2H])C([2H])([2H])[2H])[C@H]3C)c2C)[C@H]1C.[2H]C([2H])([2H])C([2H])(C)N1C=CN(c2cc(C)cc(N3C=CN(C([2H])(C([2H])([2H])[2H])C([2H])([2H])[2H])[C@H]3C)c2C)[C@H]1C.[2H]C([2H])([2H])N1C=CN(c2cc(C)cc(N3C=CN(C)[C@@H]3C)c2C)[C@@H]1C. The lowest BCUT2D eigenvalue weighted by Crippen LogP contribution is -2.41. The number of anilines is 8. The van der Waals surface area contributed by atoms with E-state index in [9.17, 15) is 0 Å². The number of hydrogen-bond acceptors (Lipinski definition) is 16. The maximum atomic E-state index is 8.57. The lowest BCUT2D eigenvalue weighted by atomic mass is 10.1. The lowest BCUT2D eigenvalue weighted by molar-refractivity contribution is 0.262. The van der Waals surface area contributed by atoms with E-state index in [0.717, 1.165) is 66.7 Å². The zero-order chi connectivity index (χ0) is 89.7. The van der Waals surface area contributed by atoms with Crippen LogP contribution in [0, 0.1) is 55.4 Å². The molecule has 16 nitrogen and oxygen atoms in total. The summed E-state index contributed by atoms with van der Waals surface area (Å²) in [5.41, 5.74) is 16.5. The van der Waals surface area contributed by atoms with Crippen molar-refractivity contribution in [2.75, 3.05) is 66.2 Å². The normalized spacial score (nSPS) is 27.9. The van der Waals surface area contributed by atoms with E-state index in [1.54, 1.807) is 67.8 Å². The Hall–Kier alpha value is -8.40. The van der Waals surface area contributed by atoms with Crippen LogP contribution in [0.25, 0.3) is 0 Å². The Labute approximate surface area is 623 Å². The molecule has 0 N–H and O–H groups in total. The molecule has 1 unspecified atom stereocenters. The predicted molar refractivity (Wildman–Crippen MR) is 420 cm³/mol. The van der Waals surface area contributed by atoms with Crippen molar-refractivity contribution in [3.63, 3.8) is 0 Å². The molecule has 0 radical (unpaired) electrons. The first-order valence-electron chi connectivity index (χ1n) is 44.8. The maximum Gasteiger partial charge on any atom is 0.103 e. The zero-order valence-corrected chi connectivity index (χ0v) is 62.3. The Balaban J connectivity index is 0.000000183. The minimum absolute atomic E-state index is 0.221. The van der Waals surface area contributed by atoms with Crippen LogP contribution in [0.15, 0.2) is 148 Å². The van der Waals surface area contributed by atoms with Crippen LogP contribution in [-0.2, 0) is 0 Å². The molecule has 0 aliphatic carbocycles. The van der Waals surface area contributed by atoms with Gasteiger partial charge >= 0.3 is 0 Å². The highest BCUT2D eigenvalue weighted by atomic mass is 15.4. The molecule has 532 valence electrons. The fourth-order valence-electron chi connectivity index (χ4n) is 14.3. The van der Waals surface area contributed by atoms with Crippen molar-refractivity contribution < 1.29 is 28.8 Å². The van der Waals surface area contributed by atoms with E-state index in [0.29, 0.717) is 30.1 Å². The molecular formula is C82H124N16. The van der Waals surface area contributed by atoms with Crippen molar-refractivity contribution in [2.24, 2.45) is 0 Å². The quantitative estimate of drug-likeness (QED) is 0.120. The van der Waals surface area contributed by atoms with Gasteiger partial charge in [0.25, 0.3) is 0 Å². The predicted octanol–water partition coefficient (Wildman–Crippen LogP) is 17.7. The minimum Gasteiger partial charge on any atom is -0.359 e. The summed E-state index contributed by atoms with van der Waals surface area (Å²) in [4.78, 5) is 30.4. The molecule has 8 aliphatic rings. The summed E-state index contributed by atoms with van der Waals surface area (Å²) in [6.07, 6.45) is 28.2. The van der Waals surface area contributed by atoms with Gasteiger partial charge in [-0.25, -0.2) is 0 Å². The molecular weight excluding hydrogens is 1210 g/mol. The highest BCUT2D eigenvalue weighted by Gasteiger charge is 2.35. The van der Waals surface area contributed by atoms with Crippen LogP contribution in [0.4, 0.5) is 45.5 Å². The Morgan fingerprint density at radius 1 is 0.327 bits per heavy atom. The third-order valence-corrected chi connectivity index (χ3v) is 20.3. The summed E-state index contributed by atoms with van der Waals surface area (Å²) in [6, 6.07) is 13.1. The zero-order valence-electron chi connectivity index (χ0n) is 83.3. The van der Waals surface area contributed by atoms with Gasteiger partial charge < -0.3 is 78.4 Å². The molecule has 4 aromatic carbocycles. The van der Waals surface area contributed by atoms with Crippen molar-refractivity contribution in [3.05, 3.63) is 192 Å². The van der Waals surface area contributed by atoms with Gasteiger partial charge in [-0.1, -0.05) is 0 Å². The van der Waals surface area contributed by atoms with Crippen molar-refractivity contribution in [1.29, 1.82) is 0 Å². The molecule has 0 aromatic heterocycles. The van der Waals surface area contributed by atoms with Crippen molar-refractivity contribution in [1.82, 2.24) is 39.2 Å². The van der Waals surface area contributed by atoms with Crippen molar-refractivity contribution in [3.8, 4) is 0 Å². The molecule has 0 bridgehead atoms. The third-order valence-electron chi connectivity index (χ3n) is 20.3. The maximum absolute atomic E-state index is 8.57. The average Bonchev–Trinajstić information content (AvgIpc) is 1.67. The van der Waals surface area contributed by atoms with E-state index in [-0.39, 0.29) is 18.5 Å². The number of rotatable bonds is 14. The van der Waals surface area contributed by atoms with Crippen LogP contribution in [0.2, 0.25) is 0 Å². The highest BCUT2D eigenvalue weighted by Crippen LogP contribution is 2.43. The van der Waals surface area contributed by atoms with Gasteiger partial charge in [-0.05, 0) is 273 Å². The second-order valence-electron chi connectivity index (χ2n) is 27.5. The fraction of sp³-hybridized carbons (Fsp3) is 0.512. The Bertz CT molecular complexity index is 4500. The van der Waals surface area contributed by atoms with E-state index in [4.69, 9.17) is 28.8 Å². The second-order valence-corrected chi connectivity index (χ2v) is 27.5. The smallest absolute Gasteiger partial charge is 0.103 e. The summed E-state index contributed by atoms with van der Waals surface area (Å²) in [5.74, 6) is 0. The molecule has 0 fully saturated rings. The molecule has 8 aliphatic heterocycles. The van der Waals surface area contributed by atoms with Crippen LogP contribution in [0.1, 0.15) is 198 Å². The molecule has 8 heterocycles. The van der Waals surface area contributed by atoms with Crippen LogP contribution in [0.3, 0.4) is 0 Å². The summed E-state index contributed by atoms with van der Waals surface area (Å²) >= 11 is 0. The number of aryl methyl sites for hydroxylation is 4. The largest absolute Gasteiger partial charge is 0.359 e. The van der Waals surface area contributed by atoms with Gasteiger partial charge in [-0.2, -0.15) is 0 Å². The fourth-order valence-corrected chi connectivity index (χ4v) is 14.3. The minimum atomic E-state index is -3.11. The van der Waals surface area contributed by atoms with Crippen molar-refractivity contribution >= 4 is 45.5 Å². The number of benzene rings is 4. The highest BCUT2D eigenvalue weighted by molar-refractivity contribution is 5.76. The van der Waals surface area contributed by atoms with E-state index in [2.05, 4.69) is 174 Å². The molecule has 0 spiro atoms. The molecule has 0 amide bonds. The van der Waals surface area contributed by atoms with Gasteiger partial charge in [-0.15, -0.1) is 0 Å². The molecule has 9 atom stereocenters. The third kappa shape index (κ3) is 14.7. The monoisotopic (exact) mass is 1350 g/mol. The lowest BCUT2D eigenvalue weighted by Gasteiger charge is -2.36. The topological polar surface area (TPSA) is 51.8 Å². The van der Waals surface area contributed by atoms with Crippen LogP contribution in [-0.4, -0.2) is 140 Å². The Morgan fingerprint density at radius 2 is 0.582 bits per heavy atom. The molecule has 12 rings (SSSR count). The number of nitrogens with zero attached hydrogens (tertiary/aromatic N) is 16. The van der Waals surface area contributed by atoms with E-state index < -0.39 is 77.9 Å². The Kier molecular flexibility index (Phi) is 15.5. The van der Waals surface area contributed by atoms with Gasteiger partial charge in [0.15, 0.2) is 0 Å². The van der Waals surface area contributed by atoms with Gasteiger partial charge in [0.05, 0.1) is 2.74 Å². The average molecular weight is 1360 g/mol. The van der Waals surface area contributed by atoms with Gasteiger partial charge in [-0.3, -0.25) is 0 Å². The van der Waals surface area contributed by atoms with Gasteiger partial charge in [0.1, 0.15) is 49.3 Å².